The van der Waals surface area contributed by atoms with E-state index in [4.69, 9.17) is 15.2 Å². The summed E-state index contributed by atoms with van der Waals surface area (Å²) in [6.45, 7) is 1.82. The van der Waals surface area contributed by atoms with E-state index in [0.29, 0.717) is 17.2 Å². The lowest BCUT2D eigenvalue weighted by Gasteiger charge is -2.17. The van der Waals surface area contributed by atoms with E-state index in [1.54, 1.807) is 31.2 Å². The van der Waals surface area contributed by atoms with Crippen LogP contribution in [-0.4, -0.2) is 24.5 Å². The van der Waals surface area contributed by atoms with Gasteiger partial charge < -0.3 is 20.5 Å². The van der Waals surface area contributed by atoms with Gasteiger partial charge in [-0.3, -0.25) is 9.59 Å². The Morgan fingerprint density at radius 1 is 0.900 bits per heavy atom. The van der Waals surface area contributed by atoms with E-state index in [-0.39, 0.29) is 18.9 Å². The van der Waals surface area contributed by atoms with Crippen molar-refractivity contribution in [2.24, 2.45) is 5.73 Å². The van der Waals surface area contributed by atoms with E-state index < -0.39 is 12.0 Å². The fourth-order valence-electron chi connectivity index (χ4n) is 2.81. The number of hydrogen-bond donors (Lipinski definition) is 2. The predicted molar refractivity (Wildman–Crippen MR) is 116 cm³/mol. The van der Waals surface area contributed by atoms with Gasteiger partial charge in [-0.2, -0.15) is 0 Å². The highest BCUT2D eigenvalue weighted by Crippen LogP contribution is 2.25. The van der Waals surface area contributed by atoms with Crippen molar-refractivity contribution in [3.05, 3.63) is 78.9 Å². The molecule has 2 amide bonds. The quantitative estimate of drug-likeness (QED) is 0.564. The van der Waals surface area contributed by atoms with E-state index in [1.165, 1.54) is 0 Å². The molecule has 0 spiro atoms. The second-order valence-corrected chi connectivity index (χ2v) is 6.70. The molecule has 3 rings (SSSR count). The van der Waals surface area contributed by atoms with Crippen LogP contribution in [0.25, 0.3) is 11.1 Å². The summed E-state index contributed by atoms with van der Waals surface area (Å²) < 4.78 is 11.3. The van der Waals surface area contributed by atoms with Gasteiger partial charge >= 0.3 is 0 Å². The molecule has 0 unspecified atom stereocenters. The van der Waals surface area contributed by atoms with Crippen molar-refractivity contribution >= 4 is 17.5 Å². The first-order valence-electron chi connectivity index (χ1n) is 9.66. The lowest BCUT2D eigenvalue weighted by Crippen LogP contribution is -2.30. The number of carbonyl (C=O) groups is 2. The van der Waals surface area contributed by atoms with Crippen LogP contribution < -0.4 is 20.5 Å². The van der Waals surface area contributed by atoms with Gasteiger partial charge in [-0.15, -0.1) is 0 Å². The smallest absolute Gasteiger partial charge is 0.265 e. The Hall–Kier alpha value is -3.80. The first kappa shape index (κ1) is 20.9. The molecule has 0 aliphatic rings. The lowest BCUT2D eigenvalue weighted by atomic mass is 10.1. The Balaban J connectivity index is 1.59. The molecule has 0 heterocycles. The number of primary amides is 1. The van der Waals surface area contributed by atoms with Gasteiger partial charge in [-0.05, 0) is 42.3 Å². The Bertz CT molecular complexity index is 988. The average molecular weight is 404 g/mol. The summed E-state index contributed by atoms with van der Waals surface area (Å²) in [6, 6.07) is 24.6. The van der Waals surface area contributed by atoms with Crippen molar-refractivity contribution in [3.8, 4) is 22.6 Å². The highest BCUT2D eigenvalue weighted by atomic mass is 16.5. The van der Waals surface area contributed by atoms with Crippen molar-refractivity contribution in [3.63, 3.8) is 0 Å². The molecular weight excluding hydrogens is 380 g/mol. The standard InChI is InChI=1S/C24H24N2O4/c1-17(30-20-13-11-19(12-14-20)18-7-3-2-4-8-18)24(28)26-21-9-5-6-10-22(21)29-16-15-23(25)27/h2-14,17H,15-16H2,1H3,(H2,25,27)(H,26,28)/t17-/m0/s1. The molecule has 3 aromatic carbocycles. The van der Waals surface area contributed by atoms with E-state index in [1.807, 2.05) is 54.6 Å². The number of anilines is 1. The topological polar surface area (TPSA) is 90.7 Å². The SMILES string of the molecule is C[C@H](Oc1ccc(-c2ccccc2)cc1)C(=O)Nc1ccccc1OCCC(N)=O. The summed E-state index contributed by atoms with van der Waals surface area (Å²) in [6.07, 6.45) is -0.618. The van der Waals surface area contributed by atoms with Crippen LogP contribution >= 0.6 is 0 Å². The van der Waals surface area contributed by atoms with Gasteiger partial charge in [-0.25, -0.2) is 0 Å². The minimum Gasteiger partial charge on any atom is -0.491 e. The molecule has 30 heavy (non-hydrogen) atoms. The van der Waals surface area contributed by atoms with Gasteiger partial charge in [0.15, 0.2) is 6.10 Å². The molecule has 6 nitrogen and oxygen atoms in total. The van der Waals surface area contributed by atoms with E-state index in [0.717, 1.165) is 11.1 Å². The maximum absolute atomic E-state index is 12.6. The van der Waals surface area contributed by atoms with Crippen molar-refractivity contribution in [2.75, 3.05) is 11.9 Å². The lowest BCUT2D eigenvalue weighted by molar-refractivity contribution is -0.122. The largest absolute Gasteiger partial charge is 0.491 e. The summed E-state index contributed by atoms with van der Waals surface area (Å²) >= 11 is 0. The molecule has 0 fully saturated rings. The van der Waals surface area contributed by atoms with E-state index >= 15 is 0 Å². The van der Waals surface area contributed by atoms with Crippen molar-refractivity contribution in [2.45, 2.75) is 19.4 Å². The third-order valence-corrected chi connectivity index (χ3v) is 4.39. The van der Waals surface area contributed by atoms with Gasteiger partial charge in [0.05, 0.1) is 18.7 Å². The fraction of sp³-hybridized carbons (Fsp3) is 0.167. The van der Waals surface area contributed by atoms with Gasteiger partial charge in [0.1, 0.15) is 11.5 Å². The number of amides is 2. The number of benzene rings is 3. The number of carbonyl (C=O) groups excluding carboxylic acids is 2. The zero-order chi connectivity index (χ0) is 21.3. The number of para-hydroxylation sites is 2. The Morgan fingerprint density at radius 3 is 2.23 bits per heavy atom. The molecule has 0 bridgehead atoms. The fourth-order valence-corrected chi connectivity index (χ4v) is 2.81. The molecule has 0 saturated carbocycles. The van der Waals surface area contributed by atoms with Gasteiger partial charge in [-0.1, -0.05) is 54.6 Å². The van der Waals surface area contributed by atoms with Crippen LogP contribution in [0, 0.1) is 0 Å². The minimum atomic E-state index is -0.716. The molecule has 0 aromatic heterocycles. The molecular formula is C24H24N2O4. The number of rotatable bonds is 9. The van der Waals surface area contributed by atoms with E-state index in [2.05, 4.69) is 5.32 Å². The van der Waals surface area contributed by atoms with Crippen LogP contribution in [0.2, 0.25) is 0 Å². The highest BCUT2D eigenvalue weighted by molar-refractivity contribution is 5.95. The first-order chi connectivity index (χ1) is 14.5. The summed E-state index contributed by atoms with van der Waals surface area (Å²) in [5.74, 6) is 0.305. The molecule has 0 aliphatic carbocycles. The number of ether oxygens (including phenoxy) is 2. The zero-order valence-electron chi connectivity index (χ0n) is 16.7. The molecule has 0 saturated heterocycles. The van der Waals surface area contributed by atoms with Gasteiger partial charge in [0.2, 0.25) is 5.91 Å². The van der Waals surface area contributed by atoms with Crippen LogP contribution in [0.5, 0.6) is 11.5 Å². The number of nitrogens with two attached hydrogens (primary N) is 1. The molecule has 154 valence electrons. The third kappa shape index (κ3) is 5.85. The van der Waals surface area contributed by atoms with Crippen LogP contribution in [0.1, 0.15) is 13.3 Å². The number of nitrogens with one attached hydrogen (secondary N) is 1. The Morgan fingerprint density at radius 2 is 1.53 bits per heavy atom. The Kier molecular flexibility index (Phi) is 7.05. The second kappa shape index (κ2) is 10.1. The Labute approximate surface area is 175 Å². The normalized spacial score (nSPS) is 11.4. The van der Waals surface area contributed by atoms with Crippen molar-refractivity contribution in [1.29, 1.82) is 0 Å². The maximum atomic E-state index is 12.6. The molecule has 0 radical (unpaired) electrons. The first-order valence-corrected chi connectivity index (χ1v) is 9.66. The zero-order valence-corrected chi connectivity index (χ0v) is 16.7. The molecule has 1 atom stereocenters. The highest BCUT2D eigenvalue weighted by Gasteiger charge is 2.17. The van der Waals surface area contributed by atoms with Crippen LogP contribution in [0.4, 0.5) is 5.69 Å². The maximum Gasteiger partial charge on any atom is 0.265 e. The minimum absolute atomic E-state index is 0.0980. The molecule has 3 N–H and O–H groups in total. The van der Waals surface area contributed by atoms with Gasteiger partial charge in [0.25, 0.3) is 5.91 Å². The molecule has 6 heteroatoms. The monoisotopic (exact) mass is 404 g/mol. The third-order valence-electron chi connectivity index (χ3n) is 4.39. The molecule has 0 aliphatic heterocycles. The second-order valence-electron chi connectivity index (χ2n) is 6.70. The van der Waals surface area contributed by atoms with Crippen molar-refractivity contribution < 1.29 is 19.1 Å². The number of hydrogen-bond acceptors (Lipinski definition) is 4. The van der Waals surface area contributed by atoms with E-state index in [9.17, 15) is 9.59 Å². The average Bonchev–Trinajstić information content (AvgIpc) is 2.76. The summed E-state index contributed by atoms with van der Waals surface area (Å²) in [5.41, 5.74) is 7.81. The summed E-state index contributed by atoms with van der Waals surface area (Å²) in [7, 11) is 0. The van der Waals surface area contributed by atoms with Crippen molar-refractivity contribution in [1.82, 2.24) is 0 Å². The summed E-state index contributed by atoms with van der Waals surface area (Å²) in [5, 5.41) is 2.80. The van der Waals surface area contributed by atoms with Crippen LogP contribution in [0.15, 0.2) is 78.9 Å². The predicted octanol–water partition coefficient (Wildman–Crippen LogP) is 4.01. The molecule has 3 aromatic rings. The summed E-state index contributed by atoms with van der Waals surface area (Å²) in [4.78, 5) is 23.4. The van der Waals surface area contributed by atoms with Crippen LogP contribution in [-0.2, 0) is 9.59 Å². The van der Waals surface area contributed by atoms with Gasteiger partial charge in [0, 0.05) is 0 Å². The van der Waals surface area contributed by atoms with Crippen LogP contribution in [0.3, 0.4) is 0 Å².